The van der Waals surface area contributed by atoms with Gasteiger partial charge in [0.05, 0.1) is 21.9 Å². The lowest BCUT2D eigenvalue weighted by atomic mass is 10.1. The SMILES string of the molecule is S=C(NN=Cc1cccc2ccccc12)Nc1c(Cl)cccc1Cl. The number of hydrazone groups is 1. The molecule has 120 valence electrons. The summed E-state index contributed by atoms with van der Waals surface area (Å²) in [5, 5.41) is 10.7. The lowest BCUT2D eigenvalue weighted by Crippen LogP contribution is -2.24. The van der Waals surface area contributed by atoms with Crippen LogP contribution in [0.4, 0.5) is 5.69 Å². The van der Waals surface area contributed by atoms with E-state index in [0.717, 1.165) is 16.3 Å². The van der Waals surface area contributed by atoms with Crippen LogP contribution >= 0.6 is 35.4 Å². The fourth-order valence-electron chi connectivity index (χ4n) is 2.28. The number of nitrogens with zero attached hydrogens (tertiary/aromatic N) is 1. The quantitative estimate of drug-likeness (QED) is 0.363. The first kappa shape index (κ1) is 16.7. The van der Waals surface area contributed by atoms with Gasteiger partial charge in [-0.1, -0.05) is 71.7 Å². The minimum absolute atomic E-state index is 0.307. The number of rotatable bonds is 3. The minimum Gasteiger partial charge on any atom is -0.329 e. The molecule has 0 aromatic heterocycles. The molecule has 3 aromatic carbocycles. The molecule has 3 rings (SSSR count). The third-order valence-electron chi connectivity index (χ3n) is 3.39. The molecule has 3 aromatic rings. The van der Waals surface area contributed by atoms with E-state index in [9.17, 15) is 0 Å². The lowest BCUT2D eigenvalue weighted by Gasteiger charge is -2.10. The van der Waals surface area contributed by atoms with Crippen LogP contribution in [0, 0.1) is 0 Å². The average molecular weight is 374 g/mol. The molecule has 24 heavy (non-hydrogen) atoms. The summed E-state index contributed by atoms with van der Waals surface area (Å²) in [6.45, 7) is 0. The van der Waals surface area contributed by atoms with Crippen molar-refractivity contribution in [2.24, 2.45) is 5.10 Å². The molecule has 0 bridgehead atoms. The summed E-state index contributed by atoms with van der Waals surface area (Å²) in [5.41, 5.74) is 4.32. The van der Waals surface area contributed by atoms with Gasteiger partial charge in [-0.2, -0.15) is 5.10 Å². The highest BCUT2D eigenvalue weighted by Gasteiger charge is 2.06. The van der Waals surface area contributed by atoms with Crippen molar-refractivity contribution in [2.75, 3.05) is 5.32 Å². The Hall–Kier alpha value is -2.14. The normalized spacial score (nSPS) is 10.9. The molecule has 0 spiro atoms. The van der Waals surface area contributed by atoms with E-state index in [1.165, 1.54) is 0 Å². The van der Waals surface area contributed by atoms with Crippen molar-refractivity contribution in [1.29, 1.82) is 0 Å². The number of nitrogens with one attached hydrogen (secondary N) is 2. The first-order chi connectivity index (χ1) is 11.6. The van der Waals surface area contributed by atoms with Gasteiger partial charge in [-0.25, -0.2) is 0 Å². The van der Waals surface area contributed by atoms with Crippen molar-refractivity contribution >= 4 is 63.2 Å². The molecule has 0 fully saturated rings. The molecule has 2 N–H and O–H groups in total. The van der Waals surface area contributed by atoms with Gasteiger partial charge in [-0.3, -0.25) is 5.43 Å². The smallest absolute Gasteiger partial charge is 0.191 e. The zero-order chi connectivity index (χ0) is 16.9. The van der Waals surface area contributed by atoms with Crippen molar-refractivity contribution in [3.05, 3.63) is 76.3 Å². The Kier molecular flexibility index (Phi) is 5.30. The van der Waals surface area contributed by atoms with Gasteiger partial charge in [0.15, 0.2) is 5.11 Å². The largest absolute Gasteiger partial charge is 0.329 e. The summed E-state index contributed by atoms with van der Waals surface area (Å²) in [6.07, 6.45) is 1.73. The van der Waals surface area contributed by atoms with Crippen molar-refractivity contribution in [1.82, 2.24) is 5.43 Å². The van der Waals surface area contributed by atoms with E-state index < -0.39 is 0 Å². The van der Waals surface area contributed by atoms with E-state index >= 15 is 0 Å². The van der Waals surface area contributed by atoms with Gasteiger partial charge < -0.3 is 5.32 Å². The van der Waals surface area contributed by atoms with Crippen LogP contribution in [0.1, 0.15) is 5.56 Å². The van der Waals surface area contributed by atoms with Crippen LogP contribution < -0.4 is 10.7 Å². The number of benzene rings is 3. The highest BCUT2D eigenvalue weighted by atomic mass is 35.5. The Balaban J connectivity index is 1.71. The average Bonchev–Trinajstić information content (AvgIpc) is 2.58. The molecule has 0 saturated heterocycles. The number of anilines is 1. The third-order valence-corrected chi connectivity index (χ3v) is 4.22. The Morgan fingerprint density at radius 1 is 0.917 bits per heavy atom. The second-order valence-electron chi connectivity index (χ2n) is 4.99. The van der Waals surface area contributed by atoms with Gasteiger partial charge in [0.25, 0.3) is 0 Å². The van der Waals surface area contributed by atoms with Gasteiger partial charge in [0, 0.05) is 5.56 Å². The fourth-order valence-corrected chi connectivity index (χ4v) is 2.93. The van der Waals surface area contributed by atoms with E-state index in [2.05, 4.69) is 34.0 Å². The minimum atomic E-state index is 0.307. The molecule has 0 heterocycles. The zero-order valence-electron chi connectivity index (χ0n) is 12.5. The van der Waals surface area contributed by atoms with E-state index in [0.29, 0.717) is 20.8 Å². The van der Waals surface area contributed by atoms with Crippen LogP contribution in [0.3, 0.4) is 0 Å². The standard InChI is InChI=1S/C18H13Cl2N3S/c19-15-9-4-10-16(20)17(15)22-18(24)23-21-11-13-7-3-6-12-5-1-2-8-14(12)13/h1-11H,(H2,22,23,24). The van der Waals surface area contributed by atoms with Crippen LogP contribution in [0.15, 0.2) is 65.8 Å². The number of para-hydroxylation sites is 1. The maximum absolute atomic E-state index is 6.10. The number of thiocarbonyl (C=S) groups is 1. The highest BCUT2D eigenvalue weighted by molar-refractivity contribution is 7.80. The monoisotopic (exact) mass is 373 g/mol. The topological polar surface area (TPSA) is 36.4 Å². The fraction of sp³-hybridized carbons (Fsp3) is 0. The summed E-state index contributed by atoms with van der Waals surface area (Å²) in [4.78, 5) is 0. The first-order valence-electron chi connectivity index (χ1n) is 7.17. The molecule has 0 saturated carbocycles. The van der Waals surface area contributed by atoms with E-state index in [4.69, 9.17) is 35.4 Å². The Bertz CT molecular complexity index is 900. The summed E-state index contributed by atoms with van der Waals surface area (Å²) >= 11 is 17.4. The van der Waals surface area contributed by atoms with E-state index in [1.54, 1.807) is 24.4 Å². The number of halogens is 2. The van der Waals surface area contributed by atoms with Crippen molar-refractivity contribution in [2.45, 2.75) is 0 Å². The number of hydrogen-bond acceptors (Lipinski definition) is 2. The van der Waals surface area contributed by atoms with Crippen molar-refractivity contribution in [3.63, 3.8) is 0 Å². The molecule has 6 heteroatoms. The van der Waals surface area contributed by atoms with Gasteiger partial charge >= 0.3 is 0 Å². The van der Waals surface area contributed by atoms with E-state index in [-0.39, 0.29) is 0 Å². The second kappa shape index (κ2) is 7.62. The van der Waals surface area contributed by atoms with Crippen LogP contribution in [0.5, 0.6) is 0 Å². The van der Waals surface area contributed by atoms with Gasteiger partial charge in [-0.15, -0.1) is 0 Å². The molecule has 0 aliphatic carbocycles. The van der Waals surface area contributed by atoms with Crippen LogP contribution in [-0.4, -0.2) is 11.3 Å². The first-order valence-corrected chi connectivity index (χ1v) is 8.33. The molecule has 0 aliphatic heterocycles. The third kappa shape index (κ3) is 3.85. The summed E-state index contributed by atoms with van der Waals surface area (Å²) < 4.78 is 0. The predicted molar refractivity (Wildman–Crippen MR) is 107 cm³/mol. The van der Waals surface area contributed by atoms with Crippen molar-refractivity contribution in [3.8, 4) is 0 Å². The highest BCUT2D eigenvalue weighted by Crippen LogP contribution is 2.29. The maximum atomic E-state index is 6.10. The van der Waals surface area contributed by atoms with Gasteiger partial charge in [-0.05, 0) is 35.1 Å². The summed E-state index contributed by atoms with van der Waals surface area (Å²) in [7, 11) is 0. The lowest BCUT2D eigenvalue weighted by molar-refractivity contribution is 1.05. The summed E-state index contributed by atoms with van der Waals surface area (Å²) in [6, 6.07) is 19.4. The molecular weight excluding hydrogens is 361 g/mol. The van der Waals surface area contributed by atoms with Crippen LogP contribution in [0.2, 0.25) is 10.0 Å². The molecule has 0 unspecified atom stereocenters. The number of hydrogen-bond donors (Lipinski definition) is 2. The zero-order valence-corrected chi connectivity index (χ0v) is 14.8. The van der Waals surface area contributed by atoms with Crippen LogP contribution in [-0.2, 0) is 0 Å². The molecule has 0 aliphatic rings. The van der Waals surface area contributed by atoms with Crippen molar-refractivity contribution < 1.29 is 0 Å². The Morgan fingerprint density at radius 3 is 2.38 bits per heavy atom. The summed E-state index contributed by atoms with van der Waals surface area (Å²) in [5.74, 6) is 0. The predicted octanol–water partition coefficient (Wildman–Crippen LogP) is 5.47. The van der Waals surface area contributed by atoms with Crippen LogP contribution in [0.25, 0.3) is 10.8 Å². The molecule has 0 radical (unpaired) electrons. The molecule has 0 amide bonds. The maximum Gasteiger partial charge on any atom is 0.191 e. The Labute approximate surface area is 155 Å². The molecule has 3 nitrogen and oxygen atoms in total. The van der Waals surface area contributed by atoms with Gasteiger partial charge in [0.2, 0.25) is 0 Å². The Morgan fingerprint density at radius 2 is 1.58 bits per heavy atom. The molecule has 0 atom stereocenters. The van der Waals surface area contributed by atoms with Gasteiger partial charge in [0.1, 0.15) is 0 Å². The second-order valence-corrected chi connectivity index (χ2v) is 6.21. The molecular formula is C18H13Cl2N3S. The number of fused-ring (bicyclic) bond motifs is 1. The van der Waals surface area contributed by atoms with E-state index in [1.807, 2.05) is 24.3 Å².